The van der Waals surface area contributed by atoms with Crippen molar-refractivity contribution in [1.29, 1.82) is 0 Å². The Morgan fingerprint density at radius 1 is 0.870 bits per heavy atom. The van der Waals surface area contributed by atoms with Crippen molar-refractivity contribution in [3.05, 3.63) is 53.5 Å². The number of hydrogen-bond donors (Lipinski definition) is 0. The Morgan fingerprint density at radius 2 is 1.48 bits per heavy atom. The van der Waals surface area contributed by atoms with Crippen molar-refractivity contribution in [2.75, 3.05) is 0 Å². The minimum absolute atomic E-state index is 0.115. The van der Waals surface area contributed by atoms with Gasteiger partial charge in [0.05, 0.1) is 6.10 Å². The van der Waals surface area contributed by atoms with Crippen LogP contribution in [0.1, 0.15) is 69.7 Å². The van der Waals surface area contributed by atoms with Gasteiger partial charge in [0.25, 0.3) is 0 Å². The molecular formula is C20H28N2O. The number of aryl methyl sites for hydroxylation is 1. The summed E-state index contributed by atoms with van der Waals surface area (Å²) < 4.78 is 6.09. The van der Waals surface area contributed by atoms with Crippen molar-refractivity contribution in [2.45, 2.75) is 65.4 Å². The van der Waals surface area contributed by atoms with Gasteiger partial charge < -0.3 is 4.74 Å². The maximum atomic E-state index is 6.09. The van der Waals surface area contributed by atoms with Crippen LogP contribution in [0.15, 0.2) is 36.7 Å². The van der Waals surface area contributed by atoms with Crippen LogP contribution in [0, 0.1) is 0 Å². The minimum atomic E-state index is 0.115. The van der Waals surface area contributed by atoms with E-state index in [1.807, 2.05) is 18.3 Å². The molecule has 1 unspecified atom stereocenters. The first-order valence-electron chi connectivity index (χ1n) is 8.54. The maximum absolute atomic E-state index is 6.09. The van der Waals surface area contributed by atoms with E-state index in [-0.39, 0.29) is 6.10 Å². The van der Waals surface area contributed by atoms with E-state index >= 15 is 0 Å². The highest BCUT2D eigenvalue weighted by Crippen LogP contribution is 2.25. The van der Waals surface area contributed by atoms with Gasteiger partial charge in [-0.3, -0.25) is 4.98 Å². The molecule has 0 spiro atoms. The number of nitrogens with zero attached hydrogens (tertiary/aromatic N) is 2. The third-order valence-electron chi connectivity index (χ3n) is 4.07. The van der Waals surface area contributed by atoms with Crippen LogP contribution in [0.2, 0.25) is 0 Å². The molecule has 0 aromatic carbocycles. The first-order chi connectivity index (χ1) is 11.0. The van der Waals surface area contributed by atoms with E-state index in [0.29, 0.717) is 11.8 Å². The van der Waals surface area contributed by atoms with Crippen LogP contribution < -0.4 is 4.74 Å². The third kappa shape index (κ3) is 4.78. The molecule has 1 atom stereocenters. The zero-order valence-corrected chi connectivity index (χ0v) is 14.9. The average Bonchev–Trinajstić information content (AvgIpc) is 2.53. The fourth-order valence-corrected chi connectivity index (χ4v) is 2.72. The molecule has 3 nitrogen and oxygen atoms in total. The predicted molar refractivity (Wildman–Crippen MR) is 95.1 cm³/mol. The van der Waals surface area contributed by atoms with Gasteiger partial charge in [-0.1, -0.05) is 39.8 Å². The van der Waals surface area contributed by atoms with Crippen molar-refractivity contribution in [2.24, 2.45) is 0 Å². The van der Waals surface area contributed by atoms with Crippen LogP contribution in [0.3, 0.4) is 0 Å². The lowest BCUT2D eigenvalue weighted by atomic mass is 9.98. The fraction of sp³-hybridized carbons (Fsp3) is 0.500. The Hall–Kier alpha value is -1.90. The molecular weight excluding hydrogens is 284 g/mol. The van der Waals surface area contributed by atoms with Crippen molar-refractivity contribution in [1.82, 2.24) is 9.97 Å². The SMILES string of the molecule is CC(CCc1ncccc1C(C)C)Oc1ncccc1C(C)C. The summed E-state index contributed by atoms with van der Waals surface area (Å²) in [6.45, 7) is 10.9. The Balaban J connectivity index is 2.00. The van der Waals surface area contributed by atoms with Gasteiger partial charge in [0.1, 0.15) is 0 Å². The molecule has 124 valence electrons. The van der Waals surface area contributed by atoms with E-state index in [9.17, 15) is 0 Å². The van der Waals surface area contributed by atoms with Crippen molar-refractivity contribution in [3.8, 4) is 5.88 Å². The van der Waals surface area contributed by atoms with Crippen LogP contribution in [0.5, 0.6) is 5.88 Å². The first-order valence-corrected chi connectivity index (χ1v) is 8.54. The maximum Gasteiger partial charge on any atom is 0.217 e. The van der Waals surface area contributed by atoms with Gasteiger partial charge in [-0.05, 0) is 49.3 Å². The molecule has 3 heteroatoms. The molecule has 0 aliphatic carbocycles. The van der Waals surface area contributed by atoms with Gasteiger partial charge >= 0.3 is 0 Å². The number of aromatic nitrogens is 2. The van der Waals surface area contributed by atoms with Gasteiger partial charge in [-0.25, -0.2) is 4.98 Å². The predicted octanol–water partition coefficient (Wildman–Crippen LogP) is 5.12. The van der Waals surface area contributed by atoms with E-state index in [2.05, 4.69) is 56.7 Å². The lowest BCUT2D eigenvalue weighted by Crippen LogP contribution is -2.16. The van der Waals surface area contributed by atoms with Crippen molar-refractivity contribution < 1.29 is 4.74 Å². The summed E-state index contributed by atoms with van der Waals surface area (Å²) in [4.78, 5) is 8.96. The highest BCUT2D eigenvalue weighted by Gasteiger charge is 2.14. The molecule has 2 aromatic rings. The van der Waals surface area contributed by atoms with E-state index in [0.717, 1.165) is 18.7 Å². The normalized spacial score (nSPS) is 12.7. The quantitative estimate of drug-likeness (QED) is 0.711. The molecule has 0 N–H and O–H groups in total. The lowest BCUT2D eigenvalue weighted by Gasteiger charge is -2.18. The molecule has 0 amide bonds. The van der Waals surface area contributed by atoms with E-state index in [4.69, 9.17) is 4.74 Å². The molecule has 2 aromatic heterocycles. The smallest absolute Gasteiger partial charge is 0.217 e. The van der Waals surface area contributed by atoms with Gasteiger partial charge in [0.15, 0.2) is 0 Å². The fourth-order valence-electron chi connectivity index (χ4n) is 2.72. The molecule has 0 saturated heterocycles. The standard InChI is InChI=1S/C20H28N2O/c1-14(2)17-8-6-12-21-19(17)11-10-16(5)23-20-18(15(3)4)9-7-13-22-20/h6-9,12-16H,10-11H2,1-5H3. The summed E-state index contributed by atoms with van der Waals surface area (Å²) in [5, 5.41) is 0. The third-order valence-corrected chi connectivity index (χ3v) is 4.07. The van der Waals surface area contributed by atoms with Crippen LogP contribution in [0.25, 0.3) is 0 Å². The number of ether oxygens (including phenoxy) is 1. The Labute approximate surface area is 140 Å². The summed E-state index contributed by atoms with van der Waals surface area (Å²) in [5.74, 6) is 1.67. The molecule has 2 rings (SSSR count). The topological polar surface area (TPSA) is 35.0 Å². The van der Waals surface area contributed by atoms with Crippen LogP contribution in [-0.2, 0) is 6.42 Å². The largest absolute Gasteiger partial charge is 0.474 e. The zero-order valence-electron chi connectivity index (χ0n) is 14.9. The van der Waals surface area contributed by atoms with Crippen LogP contribution in [-0.4, -0.2) is 16.1 Å². The summed E-state index contributed by atoms with van der Waals surface area (Å²) in [6, 6.07) is 8.25. The monoisotopic (exact) mass is 312 g/mol. The minimum Gasteiger partial charge on any atom is -0.474 e. The second kappa shape index (κ2) is 8.09. The molecule has 0 aliphatic heterocycles. The second-order valence-corrected chi connectivity index (χ2v) is 6.71. The summed E-state index contributed by atoms with van der Waals surface area (Å²) in [6.07, 6.45) is 5.65. The Kier molecular flexibility index (Phi) is 6.14. The Bertz CT molecular complexity index is 623. The molecule has 0 radical (unpaired) electrons. The molecule has 0 bridgehead atoms. The number of rotatable bonds is 7. The zero-order chi connectivity index (χ0) is 16.8. The highest BCUT2D eigenvalue weighted by molar-refractivity contribution is 5.28. The second-order valence-electron chi connectivity index (χ2n) is 6.71. The summed E-state index contributed by atoms with van der Waals surface area (Å²) >= 11 is 0. The van der Waals surface area contributed by atoms with Gasteiger partial charge in [-0.15, -0.1) is 0 Å². The molecule has 0 aliphatic rings. The van der Waals surface area contributed by atoms with Gasteiger partial charge in [0.2, 0.25) is 5.88 Å². The summed E-state index contributed by atoms with van der Waals surface area (Å²) in [5.41, 5.74) is 3.68. The van der Waals surface area contributed by atoms with Gasteiger partial charge in [-0.2, -0.15) is 0 Å². The molecule has 23 heavy (non-hydrogen) atoms. The van der Waals surface area contributed by atoms with Gasteiger partial charge in [0, 0.05) is 23.7 Å². The Morgan fingerprint density at radius 3 is 2.13 bits per heavy atom. The van der Waals surface area contributed by atoms with Crippen molar-refractivity contribution in [3.63, 3.8) is 0 Å². The number of hydrogen-bond acceptors (Lipinski definition) is 3. The van der Waals surface area contributed by atoms with E-state index in [1.165, 1.54) is 16.8 Å². The highest BCUT2D eigenvalue weighted by atomic mass is 16.5. The molecule has 0 fully saturated rings. The number of pyridine rings is 2. The van der Waals surface area contributed by atoms with Crippen molar-refractivity contribution >= 4 is 0 Å². The lowest BCUT2D eigenvalue weighted by molar-refractivity contribution is 0.199. The molecule has 2 heterocycles. The molecule has 0 saturated carbocycles. The first kappa shape index (κ1) is 17.5. The van der Waals surface area contributed by atoms with E-state index in [1.54, 1.807) is 6.20 Å². The summed E-state index contributed by atoms with van der Waals surface area (Å²) in [7, 11) is 0. The van der Waals surface area contributed by atoms with Crippen LogP contribution in [0.4, 0.5) is 0 Å². The van der Waals surface area contributed by atoms with Crippen LogP contribution >= 0.6 is 0 Å². The average molecular weight is 312 g/mol. The van der Waals surface area contributed by atoms with E-state index < -0.39 is 0 Å².